The molecular weight excluding hydrogens is 357 g/mol. The predicted molar refractivity (Wildman–Crippen MR) is 84.7 cm³/mol. The Labute approximate surface area is 125 Å². The third-order valence-corrected chi connectivity index (χ3v) is 4.02. The largest absolute Gasteiger partial charge is 0.306 e. The van der Waals surface area contributed by atoms with Crippen LogP contribution in [0.4, 0.5) is 0 Å². The first-order valence-corrected chi connectivity index (χ1v) is 7.67. The summed E-state index contributed by atoms with van der Waals surface area (Å²) in [4.78, 5) is 0. The number of nitrogens with zero attached hydrogens (tertiary/aromatic N) is 2. The summed E-state index contributed by atoms with van der Waals surface area (Å²) < 4.78 is 1.23. The molecule has 0 aliphatic heterocycles. The molecule has 1 aromatic carbocycles. The number of halogens is 1. The Morgan fingerprint density at radius 2 is 1.83 bits per heavy atom. The zero-order chi connectivity index (χ0) is 13.2. The molecule has 5 heteroatoms. The highest BCUT2D eigenvalue weighted by Crippen LogP contribution is 2.24. The monoisotopic (exact) mass is 373 g/mol. The van der Waals surface area contributed by atoms with E-state index in [1.54, 1.807) is 11.3 Å². The average Bonchev–Trinajstić information content (AvgIpc) is 2.75. The molecule has 0 bridgehead atoms. The van der Waals surface area contributed by atoms with E-state index < -0.39 is 0 Å². The van der Waals surface area contributed by atoms with Crippen LogP contribution in [0.15, 0.2) is 24.3 Å². The van der Waals surface area contributed by atoms with Gasteiger partial charge >= 0.3 is 0 Å². The third-order valence-electron chi connectivity index (χ3n) is 2.33. The normalized spacial score (nSPS) is 11.8. The van der Waals surface area contributed by atoms with Gasteiger partial charge < -0.3 is 5.32 Å². The second-order valence-electron chi connectivity index (χ2n) is 5.11. The van der Waals surface area contributed by atoms with E-state index in [1.165, 1.54) is 3.57 Å². The van der Waals surface area contributed by atoms with Crippen LogP contribution < -0.4 is 5.32 Å². The molecule has 1 aromatic heterocycles. The van der Waals surface area contributed by atoms with Crippen LogP contribution in [-0.4, -0.2) is 15.7 Å². The number of rotatable bonds is 3. The number of hydrogen-bond donors (Lipinski definition) is 1. The van der Waals surface area contributed by atoms with Crippen LogP contribution in [-0.2, 0) is 6.54 Å². The van der Waals surface area contributed by atoms with E-state index in [-0.39, 0.29) is 5.54 Å². The Morgan fingerprint density at radius 1 is 1.17 bits per heavy atom. The lowest BCUT2D eigenvalue weighted by Crippen LogP contribution is -2.35. The second kappa shape index (κ2) is 5.63. The molecule has 2 aromatic rings. The van der Waals surface area contributed by atoms with E-state index in [0.717, 1.165) is 22.1 Å². The van der Waals surface area contributed by atoms with Gasteiger partial charge in [0.25, 0.3) is 0 Å². The summed E-state index contributed by atoms with van der Waals surface area (Å²) in [7, 11) is 0. The summed E-state index contributed by atoms with van der Waals surface area (Å²) in [5, 5.41) is 13.9. The summed E-state index contributed by atoms with van der Waals surface area (Å²) in [5.74, 6) is 0. The van der Waals surface area contributed by atoms with E-state index in [0.29, 0.717) is 0 Å². The van der Waals surface area contributed by atoms with Crippen molar-refractivity contribution in [2.75, 3.05) is 0 Å². The van der Waals surface area contributed by atoms with Crippen LogP contribution in [0, 0.1) is 3.57 Å². The van der Waals surface area contributed by atoms with Crippen molar-refractivity contribution in [1.29, 1.82) is 0 Å². The van der Waals surface area contributed by atoms with Crippen molar-refractivity contribution in [3.05, 3.63) is 32.8 Å². The topological polar surface area (TPSA) is 37.8 Å². The maximum absolute atomic E-state index is 4.24. The van der Waals surface area contributed by atoms with Gasteiger partial charge in [0.05, 0.1) is 6.54 Å². The average molecular weight is 373 g/mol. The van der Waals surface area contributed by atoms with Gasteiger partial charge in [0, 0.05) is 14.7 Å². The van der Waals surface area contributed by atoms with Crippen molar-refractivity contribution in [3.8, 4) is 10.6 Å². The van der Waals surface area contributed by atoms with E-state index in [1.807, 2.05) is 0 Å². The lowest BCUT2D eigenvalue weighted by atomic mass is 10.1. The van der Waals surface area contributed by atoms with Gasteiger partial charge in [-0.05, 0) is 55.5 Å². The Bertz CT molecular complexity index is 514. The number of nitrogens with one attached hydrogen (secondary N) is 1. The quantitative estimate of drug-likeness (QED) is 0.834. The lowest BCUT2D eigenvalue weighted by molar-refractivity contribution is 0.423. The molecule has 0 radical (unpaired) electrons. The predicted octanol–water partition coefficient (Wildman–Crippen LogP) is 3.70. The van der Waals surface area contributed by atoms with Gasteiger partial charge in [0.1, 0.15) is 10.0 Å². The van der Waals surface area contributed by atoms with Crippen molar-refractivity contribution >= 4 is 33.9 Å². The Hall–Kier alpha value is -0.530. The minimum absolute atomic E-state index is 0.106. The molecule has 0 fully saturated rings. The van der Waals surface area contributed by atoms with Gasteiger partial charge in [0.15, 0.2) is 0 Å². The smallest absolute Gasteiger partial charge is 0.147 e. The molecule has 3 nitrogen and oxygen atoms in total. The van der Waals surface area contributed by atoms with Gasteiger partial charge in [-0.25, -0.2) is 0 Å². The van der Waals surface area contributed by atoms with Gasteiger partial charge in [-0.2, -0.15) is 0 Å². The minimum atomic E-state index is 0.106. The van der Waals surface area contributed by atoms with Gasteiger partial charge in [0.2, 0.25) is 0 Å². The molecule has 0 atom stereocenters. The zero-order valence-electron chi connectivity index (χ0n) is 10.7. The Morgan fingerprint density at radius 3 is 2.44 bits per heavy atom. The fraction of sp³-hybridized carbons (Fsp3) is 0.385. The highest BCUT2D eigenvalue weighted by molar-refractivity contribution is 14.1. The fourth-order valence-electron chi connectivity index (χ4n) is 1.37. The highest BCUT2D eigenvalue weighted by Gasteiger charge is 2.11. The zero-order valence-corrected chi connectivity index (χ0v) is 13.7. The molecule has 0 saturated heterocycles. The minimum Gasteiger partial charge on any atom is -0.306 e. The molecule has 0 saturated carbocycles. The van der Waals surface area contributed by atoms with Crippen LogP contribution in [0.3, 0.4) is 0 Å². The second-order valence-corrected chi connectivity index (χ2v) is 7.42. The summed E-state index contributed by atoms with van der Waals surface area (Å²) in [6, 6.07) is 8.35. The van der Waals surface area contributed by atoms with Crippen molar-refractivity contribution in [2.24, 2.45) is 0 Å². The summed E-state index contributed by atoms with van der Waals surface area (Å²) in [6.45, 7) is 7.21. The maximum Gasteiger partial charge on any atom is 0.147 e. The van der Waals surface area contributed by atoms with Gasteiger partial charge in [-0.1, -0.05) is 23.5 Å². The molecule has 0 aliphatic carbocycles. The van der Waals surface area contributed by atoms with Crippen LogP contribution >= 0.6 is 33.9 Å². The van der Waals surface area contributed by atoms with Crippen LogP contribution in [0.5, 0.6) is 0 Å². The van der Waals surface area contributed by atoms with Crippen LogP contribution in [0.2, 0.25) is 0 Å². The Balaban J connectivity index is 2.08. The number of hydrogen-bond acceptors (Lipinski definition) is 4. The highest BCUT2D eigenvalue weighted by atomic mass is 127. The molecule has 1 heterocycles. The van der Waals surface area contributed by atoms with Crippen LogP contribution in [0.25, 0.3) is 10.6 Å². The summed E-state index contributed by atoms with van der Waals surface area (Å²) in [5.41, 5.74) is 1.24. The van der Waals surface area contributed by atoms with E-state index >= 15 is 0 Å². The van der Waals surface area contributed by atoms with E-state index in [4.69, 9.17) is 0 Å². The standard InChI is InChI=1S/C13H16IN3S/c1-13(2,3)15-8-11-16-17-12(18-11)9-4-6-10(14)7-5-9/h4-7,15H,8H2,1-3H3. The summed E-state index contributed by atoms with van der Waals surface area (Å²) in [6.07, 6.45) is 0. The Kier molecular flexibility index (Phi) is 4.34. The molecule has 0 unspecified atom stereocenters. The first-order valence-electron chi connectivity index (χ1n) is 5.77. The molecule has 0 aliphatic rings. The molecular formula is C13H16IN3S. The van der Waals surface area contributed by atoms with Crippen molar-refractivity contribution < 1.29 is 0 Å². The van der Waals surface area contributed by atoms with Crippen molar-refractivity contribution in [1.82, 2.24) is 15.5 Å². The first kappa shape index (κ1) is 13.9. The SMILES string of the molecule is CC(C)(C)NCc1nnc(-c2ccc(I)cc2)s1. The molecule has 0 amide bonds. The lowest BCUT2D eigenvalue weighted by Gasteiger charge is -2.19. The van der Waals surface area contributed by atoms with Crippen LogP contribution in [0.1, 0.15) is 25.8 Å². The molecule has 96 valence electrons. The number of aromatic nitrogens is 2. The van der Waals surface area contributed by atoms with E-state index in [2.05, 4.69) is 83.1 Å². The third kappa shape index (κ3) is 4.00. The van der Waals surface area contributed by atoms with E-state index in [9.17, 15) is 0 Å². The van der Waals surface area contributed by atoms with Gasteiger partial charge in [-0.3, -0.25) is 0 Å². The van der Waals surface area contributed by atoms with Gasteiger partial charge in [-0.15, -0.1) is 10.2 Å². The maximum atomic E-state index is 4.24. The number of benzene rings is 1. The fourth-order valence-corrected chi connectivity index (χ4v) is 2.52. The molecule has 0 spiro atoms. The molecule has 2 rings (SSSR count). The first-order chi connectivity index (χ1) is 8.44. The molecule has 1 N–H and O–H groups in total. The van der Waals surface area contributed by atoms with Crippen molar-refractivity contribution in [3.63, 3.8) is 0 Å². The molecule has 18 heavy (non-hydrogen) atoms. The van der Waals surface area contributed by atoms with Crippen molar-refractivity contribution in [2.45, 2.75) is 32.9 Å². The summed E-state index contributed by atoms with van der Waals surface area (Å²) >= 11 is 3.95.